The van der Waals surface area contributed by atoms with E-state index in [0.29, 0.717) is 0 Å². The third-order valence-electron chi connectivity index (χ3n) is 3.22. The van der Waals surface area contributed by atoms with Crippen molar-refractivity contribution in [3.05, 3.63) is 68.7 Å². The van der Waals surface area contributed by atoms with Crippen LogP contribution in [-0.4, -0.2) is 23.1 Å². The van der Waals surface area contributed by atoms with Crippen LogP contribution in [0.15, 0.2) is 24.3 Å². The molecule has 4 nitrogen and oxygen atoms in total. The molecule has 0 aliphatic heterocycles. The third-order valence-corrected chi connectivity index (χ3v) is 32.3. The summed E-state index contributed by atoms with van der Waals surface area (Å²) in [6.07, 6.45) is -0.374. The van der Waals surface area contributed by atoms with Gasteiger partial charge < -0.3 is 17.8 Å². The standard InChI is InChI=1S/C10H9ClF2O2.C7H3ClF2O2.H8P7/c1-5(2)15-10(14)6-3-4-7(12)8(11)9(6)13;8-5-4(9)2-1-3(6(5)10)7(11)12;1-5-7(4)6(2)3/h3-5H,1-2H3;1-2H,(H,11,12);1-4H2/q;;-1. The number of aromatic carboxylic acids is 1. The Morgan fingerprint density at radius 1 is 0.941 bits per heavy atom. The molecule has 2 aromatic rings. The van der Waals surface area contributed by atoms with Crippen LogP contribution in [0.4, 0.5) is 17.6 Å². The lowest BCUT2D eigenvalue weighted by molar-refractivity contribution is 0.0372. The Hall–Kier alpha value is 0.690. The number of carbonyl (C=O) groups excluding carboxylic acids is 1. The zero-order chi connectivity index (χ0) is 26.7. The van der Waals surface area contributed by atoms with Crippen LogP contribution in [0.3, 0.4) is 0 Å². The molecule has 0 aliphatic carbocycles. The zero-order valence-electron chi connectivity index (χ0n) is 17.5. The maximum Gasteiger partial charge on any atom is 0.341 e. The third kappa shape index (κ3) is 11.8. The molecule has 0 spiro atoms. The average Bonchev–Trinajstić information content (AvgIpc) is 2.75. The van der Waals surface area contributed by atoms with Crippen molar-refractivity contribution in [3.63, 3.8) is 0 Å². The molecule has 5 unspecified atom stereocenters. The summed E-state index contributed by atoms with van der Waals surface area (Å²) in [7, 11) is 12.7. The maximum absolute atomic E-state index is 13.3. The van der Waals surface area contributed by atoms with Gasteiger partial charge in [-0.1, -0.05) is 30.2 Å². The van der Waals surface area contributed by atoms with Gasteiger partial charge >= 0.3 is 11.9 Å². The van der Waals surface area contributed by atoms with Crippen LogP contribution in [0.25, 0.3) is 0 Å². The highest BCUT2D eigenvalue weighted by molar-refractivity contribution is 8.98. The summed E-state index contributed by atoms with van der Waals surface area (Å²) < 4.78 is 56.0. The van der Waals surface area contributed by atoms with Crippen molar-refractivity contribution in [3.8, 4) is 0 Å². The van der Waals surface area contributed by atoms with Crippen LogP contribution < -0.4 is 0 Å². The molecule has 0 heterocycles. The van der Waals surface area contributed by atoms with Crippen molar-refractivity contribution in [1.29, 1.82) is 0 Å². The summed E-state index contributed by atoms with van der Waals surface area (Å²) in [4.78, 5) is 21.6. The summed E-state index contributed by atoms with van der Waals surface area (Å²) in [6, 6.07) is 3.54. The predicted octanol–water partition coefficient (Wildman–Crippen LogP) is 9.39. The van der Waals surface area contributed by atoms with Crippen LogP contribution in [0.5, 0.6) is 0 Å². The van der Waals surface area contributed by atoms with Crippen molar-refractivity contribution < 1.29 is 37.0 Å². The number of esters is 1. The van der Waals surface area contributed by atoms with E-state index in [1.807, 2.05) is 0 Å². The lowest BCUT2D eigenvalue weighted by Gasteiger charge is -2.26. The minimum atomic E-state index is -1.48. The van der Waals surface area contributed by atoms with Gasteiger partial charge in [0, 0.05) is 0 Å². The fourth-order valence-corrected chi connectivity index (χ4v) is 16.5. The van der Waals surface area contributed by atoms with Gasteiger partial charge in [0.2, 0.25) is 0 Å². The van der Waals surface area contributed by atoms with E-state index in [9.17, 15) is 27.2 Å². The van der Waals surface area contributed by atoms with Crippen LogP contribution in [0.2, 0.25) is 10.0 Å². The van der Waals surface area contributed by atoms with Gasteiger partial charge in [-0.15, -0.1) is 26.8 Å². The molecule has 1 N–H and O–H groups in total. The molecule has 2 aromatic carbocycles. The molecular weight excluding hydrogens is 632 g/mol. The van der Waals surface area contributed by atoms with E-state index in [1.54, 1.807) is 13.8 Å². The van der Waals surface area contributed by atoms with E-state index < -0.39 is 50.8 Å². The zero-order valence-corrected chi connectivity index (χ0v) is 26.3. The molecule has 5 atom stereocenters. The first-order chi connectivity index (χ1) is 15.6. The van der Waals surface area contributed by atoms with Gasteiger partial charge in [0.15, 0.2) is 11.6 Å². The molecule has 0 bridgehead atoms. The molecule has 0 amide bonds. The Kier molecular flexibility index (Phi) is 17.6. The highest BCUT2D eigenvalue weighted by atomic mass is 35.5. The molecule has 17 heteroatoms. The van der Waals surface area contributed by atoms with Gasteiger partial charge in [-0.05, 0) is 38.1 Å². The first kappa shape index (κ1) is 34.7. The largest absolute Gasteiger partial charge is 0.478 e. The van der Waals surface area contributed by atoms with Crippen molar-refractivity contribution >= 4 is 92.8 Å². The Balaban J connectivity index is 0.000000514. The molecule has 0 fully saturated rings. The van der Waals surface area contributed by atoms with E-state index in [0.717, 1.165) is 24.3 Å². The van der Waals surface area contributed by atoms with Gasteiger partial charge in [0.25, 0.3) is 0 Å². The van der Waals surface area contributed by atoms with Crippen molar-refractivity contribution in [1.82, 2.24) is 0 Å². The van der Waals surface area contributed by atoms with Crippen molar-refractivity contribution in [2.24, 2.45) is 0 Å². The fraction of sp³-hybridized carbons (Fsp3) is 0.176. The minimum Gasteiger partial charge on any atom is -0.478 e. The second-order valence-electron chi connectivity index (χ2n) is 6.02. The number of carboxylic acids is 1. The Bertz CT molecular complexity index is 1000. The Labute approximate surface area is 217 Å². The Morgan fingerprint density at radius 3 is 1.68 bits per heavy atom. The molecular formula is C17H20Cl2F4O4P7-. The van der Waals surface area contributed by atoms with Crippen molar-refractivity contribution in [2.45, 2.75) is 20.0 Å². The van der Waals surface area contributed by atoms with Gasteiger partial charge in [-0.2, -0.15) is 0 Å². The summed E-state index contributed by atoms with van der Waals surface area (Å²) in [5.74, 6) is -6.56. The molecule has 2 rings (SSSR count). The van der Waals surface area contributed by atoms with Crippen LogP contribution in [-0.2, 0) is 4.74 Å². The average molecular weight is 652 g/mol. The molecule has 0 aliphatic rings. The highest BCUT2D eigenvalue weighted by Gasteiger charge is 2.19. The maximum atomic E-state index is 13.3. The second kappa shape index (κ2) is 17.2. The van der Waals surface area contributed by atoms with Crippen LogP contribution >= 0.6 is 80.8 Å². The highest BCUT2D eigenvalue weighted by Crippen LogP contribution is 2.92. The van der Waals surface area contributed by atoms with Gasteiger partial charge in [-0.3, -0.25) is 8.93 Å². The molecule has 0 saturated heterocycles. The quantitative estimate of drug-likeness (QED) is 0.151. The SMILES string of the molecule is CC(C)OC(=O)c1ccc(F)c(Cl)c1F.O=C(O)c1ccc(F)c(Cl)c1F.P[P-]P(P)P(P)P. The summed E-state index contributed by atoms with van der Waals surface area (Å²) in [5, 5.41) is 6.86. The monoisotopic (exact) mass is 651 g/mol. The van der Waals surface area contributed by atoms with Gasteiger partial charge in [-0.25, -0.2) is 34.1 Å². The Morgan fingerprint density at radius 2 is 1.35 bits per heavy atom. The van der Waals surface area contributed by atoms with Gasteiger partial charge in [0.05, 0.1) is 17.2 Å². The van der Waals surface area contributed by atoms with E-state index >= 15 is 0 Å². The first-order valence-corrected chi connectivity index (χ1v) is 20.8. The molecule has 0 radical (unpaired) electrons. The van der Waals surface area contributed by atoms with Gasteiger partial charge in [0.1, 0.15) is 21.7 Å². The minimum absolute atomic E-state index is 0.166. The van der Waals surface area contributed by atoms with E-state index in [1.165, 1.54) is 7.96 Å². The number of ether oxygens (including phenoxy) is 1. The number of carbonyl (C=O) groups is 2. The first-order valence-electron chi connectivity index (χ1n) is 8.61. The smallest absolute Gasteiger partial charge is 0.341 e. The fourth-order valence-electron chi connectivity index (χ4n) is 1.71. The van der Waals surface area contributed by atoms with E-state index in [-0.39, 0.29) is 25.6 Å². The number of hydrogen-bond donors (Lipinski definition) is 1. The lowest BCUT2D eigenvalue weighted by Crippen LogP contribution is -2.13. The van der Waals surface area contributed by atoms with E-state index in [2.05, 4.69) is 35.7 Å². The van der Waals surface area contributed by atoms with Crippen LogP contribution in [0, 0.1) is 23.3 Å². The summed E-state index contributed by atoms with van der Waals surface area (Å²) in [6.45, 7) is 3.62. The number of rotatable bonds is 5. The number of hydrogen-bond acceptors (Lipinski definition) is 3. The predicted molar refractivity (Wildman–Crippen MR) is 150 cm³/mol. The molecule has 0 aromatic heterocycles. The molecule has 190 valence electrons. The van der Waals surface area contributed by atoms with E-state index in [4.69, 9.17) is 33.0 Å². The molecule has 0 saturated carbocycles. The van der Waals surface area contributed by atoms with Crippen LogP contribution in [0.1, 0.15) is 34.6 Å². The normalized spacial score (nSPS) is 11.6. The summed E-state index contributed by atoms with van der Waals surface area (Å²) >= 11 is 10.4. The lowest BCUT2D eigenvalue weighted by atomic mass is 10.2. The van der Waals surface area contributed by atoms with Crippen molar-refractivity contribution in [2.75, 3.05) is 0 Å². The summed E-state index contributed by atoms with van der Waals surface area (Å²) in [5.41, 5.74) is -1.00. The molecule has 34 heavy (non-hydrogen) atoms. The number of halogens is 6. The number of benzene rings is 2. The topological polar surface area (TPSA) is 63.6 Å². The number of carboxylic acid groups (broad SMARTS) is 1. The second-order valence-corrected chi connectivity index (χ2v) is 28.0.